The Labute approximate surface area is 174 Å². The molecule has 2 atom stereocenters. The highest BCUT2D eigenvalue weighted by Crippen LogP contribution is 2.29. The predicted molar refractivity (Wildman–Crippen MR) is 111 cm³/mol. The lowest BCUT2D eigenvalue weighted by Gasteiger charge is -2.33. The van der Waals surface area contributed by atoms with Crippen LogP contribution in [0.2, 0.25) is 4.24 Å². The van der Waals surface area contributed by atoms with Crippen LogP contribution in [-0.2, 0) is 21.3 Å². The summed E-state index contributed by atoms with van der Waals surface area (Å²) in [5.74, 6) is -0.456. The molecule has 0 aliphatic rings. The highest BCUT2D eigenvalue weighted by atomic mass is 16.6. The van der Waals surface area contributed by atoms with E-state index in [1.54, 1.807) is 11.5 Å². The van der Waals surface area contributed by atoms with Gasteiger partial charge in [0.15, 0.2) is 12.6 Å². The minimum atomic E-state index is -1.04. The molecular weight excluding hydrogens is 376 g/mol. The van der Waals surface area contributed by atoms with Crippen LogP contribution in [0.4, 0.5) is 5.95 Å². The van der Waals surface area contributed by atoms with E-state index in [2.05, 4.69) is 9.97 Å². The van der Waals surface area contributed by atoms with Gasteiger partial charge in [-0.1, -0.05) is 27.7 Å². The number of nitrogens with two attached hydrogens (primary N) is 1. The number of esters is 1. The largest absolute Gasteiger partial charge is 0.462 e. The second kappa shape index (κ2) is 8.91. The summed E-state index contributed by atoms with van der Waals surface area (Å²) in [6.07, 6.45) is 0.858. The quantitative estimate of drug-likeness (QED) is 0.442. The molecule has 0 radical (unpaired) electrons. The highest BCUT2D eigenvalue weighted by Gasteiger charge is 2.35. The van der Waals surface area contributed by atoms with Gasteiger partial charge in [-0.3, -0.25) is 18.7 Å². The standard InChI is InChI=1S/C19H32N6O4/c1-11(2)19(4,5)14(20)17(27)29-9-8-28-12(3)25-10-22-13-15(25)23-18(21-6)24(7)16(13)26/h10-12,14H,8-9,20H2,1-7H3,(H,21,23)/t12?,14-/m1/s1/i/hD3. The molecule has 0 saturated heterocycles. The van der Waals surface area contributed by atoms with E-state index in [1.165, 1.54) is 25.0 Å². The van der Waals surface area contributed by atoms with Gasteiger partial charge in [0.05, 0.1) is 12.9 Å². The number of carbonyl (C=O) groups excluding carboxylic acids is 1. The lowest BCUT2D eigenvalue weighted by molar-refractivity contribution is -0.151. The first-order valence-corrected chi connectivity index (χ1v) is 9.52. The minimum absolute atomic E-state index is 0.0491. The number of aromatic nitrogens is 4. The normalized spacial score (nSPS) is 15.8. The topological polar surface area (TPSA) is 126 Å². The molecule has 2 aromatic heterocycles. The molecule has 2 heterocycles. The van der Waals surface area contributed by atoms with Crippen molar-refractivity contribution in [1.82, 2.24) is 19.1 Å². The van der Waals surface area contributed by atoms with Crippen LogP contribution >= 0.6 is 0 Å². The van der Waals surface area contributed by atoms with Crippen molar-refractivity contribution in [2.45, 2.75) is 46.9 Å². The molecule has 0 bridgehead atoms. The Morgan fingerprint density at radius 1 is 1.41 bits per heavy atom. The van der Waals surface area contributed by atoms with Crippen LogP contribution in [-0.4, -0.2) is 51.4 Å². The summed E-state index contributed by atoms with van der Waals surface area (Å²) in [7, 11) is 2.98. The first kappa shape index (κ1) is 18.6. The van der Waals surface area contributed by atoms with Crippen molar-refractivity contribution >= 4 is 23.1 Å². The van der Waals surface area contributed by atoms with Gasteiger partial charge in [0.2, 0.25) is 5.95 Å². The third kappa shape index (κ3) is 4.59. The number of ether oxygens (including phenoxy) is 2. The van der Waals surface area contributed by atoms with Gasteiger partial charge in [0, 0.05) is 14.1 Å². The molecule has 0 spiro atoms. The van der Waals surface area contributed by atoms with E-state index in [0.717, 1.165) is 5.31 Å². The van der Waals surface area contributed by atoms with Crippen LogP contribution in [0.25, 0.3) is 11.2 Å². The molecule has 10 nitrogen and oxygen atoms in total. The van der Waals surface area contributed by atoms with E-state index in [1.807, 2.05) is 27.7 Å². The maximum Gasteiger partial charge on any atom is 0.323 e. The fourth-order valence-corrected chi connectivity index (χ4v) is 2.64. The lowest BCUT2D eigenvalue weighted by atomic mass is 9.75. The van der Waals surface area contributed by atoms with Crippen LogP contribution in [0.5, 0.6) is 0 Å². The number of nitrogens with zero attached hydrogens (tertiary/aromatic N) is 4. The smallest absolute Gasteiger partial charge is 0.323 e. The highest BCUT2D eigenvalue weighted by molar-refractivity contribution is 5.76. The number of rotatable bonds is 10. The van der Waals surface area contributed by atoms with Crippen molar-refractivity contribution in [3.05, 3.63) is 16.7 Å². The average Bonchev–Trinajstić information content (AvgIpc) is 3.11. The van der Waals surface area contributed by atoms with E-state index >= 15 is 0 Å². The Bertz CT molecular complexity index is 1000. The number of carbonyl (C=O) groups is 1. The van der Waals surface area contributed by atoms with Crippen molar-refractivity contribution in [3.8, 4) is 0 Å². The van der Waals surface area contributed by atoms with Gasteiger partial charge in [0.25, 0.3) is 5.56 Å². The summed E-state index contributed by atoms with van der Waals surface area (Å²) >= 11 is 0. The monoisotopic (exact) mass is 411 g/mol. The number of imidazole rings is 1. The van der Waals surface area contributed by atoms with Gasteiger partial charge in [0.1, 0.15) is 21.7 Å². The summed E-state index contributed by atoms with van der Waals surface area (Å²) in [6.45, 7) is 9.21. The molecule has 2 aromatic rings. The molecule has 0 fully saturated rings. The summed E-state index contributed by atoms with van der Waals surface area (Å²) in [5.41, 5.74) is -0.186. The molecule has 3 N–H and O–H groups in total. The molecule has 0 aliphatic heterocycles. The first-order valence-electron chi connectivity index (χ1n) is 10.9. The van der Waals surface area contributed by atoms with Crippen LogP contribution in [0.1, 0.15) is 40.8 Å². The van der Waals surface area contributed by atoms with Gasteiger partial charge in [-0.15, -0.1) is 0 Å². The maximum absolute atomic E-state index is 12.5. The maximum atomic E-state index is 12.5. The molecule has 2 rings (SSSR count). The zero-order chi connectivity index (χ0) is 24.4. The van der Waals surface area contributed by atoms with Crippen molar-refractivity contribution in [1.29, 1.82) is 0 Å². The Morgan fingerprint density at radius 2 is 2.10 bits per heavy atom. The SMILES string of the molecule is [2H]N(C)c1nc2c(ncn2C(C)OCCOC(=O)[C@@H](N([2H])[2H])C(C)(C)C(C)C)c(=O)n1C. The van der Waals surface area contributed by atoms with Crippen LogP contribution in [0, 0.1) is 11.3 Å². The number of hydrogen-bond donors (Lipinski definition) is 2. The number of hydrogen-bond acceptors (Lipinski definition) is 8. The third-order valence-corrected chi connectivity index (χ3v) is 5.48. The summed E-state index contributed by atoms with van der Waals surface area (Å²) < 4.78 is 36.8. The second-order valence-electron chi connectivity index (χ2n) is 7.84. The summed E-state index contributed by atoms with van der Waals surface area (Å²) in [6, 6.07) is -1.04. The van der Waals surface area contributed by atoms with Gasteiger partial charge in [-0.05, 0) is 18.3 Å². The fraction of sp³-hybridized carbons (Fsp3) is 0.684. The summed E-state index contributed by atoms with van der Waals surface area (Å²) in [5, 5.41) is 0.986. The van der Waals surface area contributed by atoms with Gasteiger partial charge < -0.3 is 20.5 Å². The van der Waals surface area contributed by atoms with Crippen molar-refractivity contribution in [2.24, 2.45) is 24.1 Å². The first-order chi connectivity index (χ1) is 14.8. The molecule has 0 amide bonds. The molecule has 0 aromatic carbocycles. The number of anilines is 1. The van der Waals surface area contributed by atoms with E-state index in [4.69, 9.17) is 13.7 Å². The van der Waals surface area contributed by atoms with Crippen molar-refractivity contribution in [3.63, 3.8) is 0 Å². The van der Waals surface area contributed by atoms with Crippen LogP contribution in [0.15, 0.2) is 11.1 Å². The Balaban J connectivity index is 2.06. The molecule has 0 saturated carbocycles. The molecule has 162 valence electrons. The summed E-state index contributed by atoms with van der Waals surface area (Å²) in [4.78, 5) is 33.5. The molecule has 1 unspecified atom stereocenters. The van der Waals surface area contributed by atoms with Crippen molar-refractivity contribution < 1.29 is 18.5 Å². The predicted octanol–water partition coefficient (Wildman–Crippen LogP) is 1.26. The Kier molecular flexibility index (Phi) is 5.70. The molecule has 0 aliphatic carbocycles. The number of nitrogens with one attached hydrogen (secondary N) is 1. The zero-order valence-corrected chi connectivity index (χ0v) is 18.0. The van der Waals surface area contributed by atoms with Crippen LogP contribution in [0.3, 0.4) is 0 Å². The number of fused-ring (bicyclic) bond motifs is 1. The minimum Gasteiger partial charge on any atom is -0.462 e. The third-order valence-electron chi connectivity index (χ3n) is 5.48. The Hall–Kier alpha value is -2.46. The zero-order valence-electron chi connectivity index (χ0n) is 21.0. The van der Waals surface area contributed by atoms with E-state index in [9.17, 15) is 9.59 Å². The second-order valence-corrected chi connectivity index (χ2v) is 7.84. The van der Waals surface area contributed by atoms with E-state index in [0.29, 0.717) is 5.72 Å². The Morgan fingerprint density at radius 3 is 2.69 bits per heavy atom. The van der Waals surface area contributed by atoms with Crippen molar-refractivity contribution in [2.75, 3.05) is 25.6 Å². The molecule has 10 heteroatoms. The van der Waals surface area contributed by atoms with Gasteiger partial charge in [-0.2, -0.15) is 4.98 Å². The average molecular weight is 412 g/mol. The van der Waals surface area contributed by atoms with E-state index in [-0.39, 0.29) is 41.8 Å². The lowest BCUT2D eigenvalue weighted by Crippen LogP contribution is -2.47. The molecular formula is C19H32N6O4. The van der Waals surface area contributed by atoms with Crippen LogP contribution < -0.4 is 16.6 Å². The van der Waals surface area contributed by atoms with E-state index < -0.39 is 23.7 Å². The van der Waals surface area contributed by atoms with Gasteiger partial charge in [-0.25, -0.2) is 4.98 Å². The molecule has 29 heavy (non-hydrogen) atoms. The van der Waals surface area contributed by atoms with Gasteiger partial charge >= 0.3 is 5.97 Å². The fourth-order valence-electron chi connectivity index (χ4n) is 2.64.